The molecule has 0 atom stereocenters. The molecule has 0 aromatic carbocycles. The molecule has 18 heavy (non-hydrogen) atoms. The van der Waals surface area contributed by atoms with Crippen molar-refractivity contribution in [2.75, 3.05) is 11.9 Å². The van der Waals surface area contributed by atoms with E-state index in [1.54, 1.807) is 12.1 Å². The van der Waals surface area contributed by atoms with Gasteiger partial charge in [0, 0.05) is 12.1 Å². The lowest BCUT2D eigenvalue weighted by Crippen LogP contribution is -2.30. The van der Waals surface area contributed by atoms with Crippen LogP contribution in [0.15, 0.2) is 18.2 Å². The van der Waals surface area contributed by atoms with Gasteiger partial charge in [0.15, 0.2) is 6.61 Å². The number of carbonyl (C=O) groups excluding carboxylic acids is 1. The van der Waals surface area contributed by atoms with E-state index in [2.05, 4.69) is 15.6 Å². The Morgan fingerprint density at radius 3 is 2.94 bits per heavy atom. The van der Waals surface area contributed by atoms with E-state index in [1.807, 2.05) is 0 Å². The van der Waals surface area contributed by atoms with Crippen LogP contribution in [0.5, 0.6) is 5.88 Å². The molecule has 2 amide bonds. The zero-order chi connectivity index (χ0) is 13.0. The molecule has 0 saturated heterocycles. The van der Waals surface area contributed by atoms with Gasteiger partial charge in [0.1, 0.15) is 5.82 Å². The predicted molar refractivity (Wildman–Crippen MR) is 60.9 cm³/mol. The molecule has 7 heteroatoms. The lowest BCUT2D eigenvalue weighted by Gasteiger charge is -2.08. The molecule has 1 aromatic heterocycles. The minimum absolute atomic E-state index is 0.0551. The van der Waals surface area contributed by atoms with Crippen molar-refractivity contribution in [3.63, 3.8) is 0 Å². The third-order valence-corrected chi connectivity index (χ3v) is 2.23. The van der Waals surface area contributed by atoms with E-state index in [4.69, 9.17) is 4.74 Å². The zero-order valence-corrected chi connectivity index (χ0v) is 9.53. The van der Waals surface area contributed by atoms with Gasteiger partial charge in [0.2, 0.25) is 5.88 Å². The van der Waals surface area contributed by atoms with Crippen LogP contribution in [0.1, 0.15) is 12.8 Å². The van der Waals surface area contributed by atoms with E-state index in [9.17, 15) is 13.6 Å². The minimum atomic E-state index is -2.55. The molecule has 1 aliphatic rings. The van der Waals surface area contributed by atoms with Gasteiger partial charge in [0.05, 0.1) is 0 Å². The maximum Gasteiger partial charge on any atom is 0.320 e. The lowest BCUT2D eigenvalue weighted by molar-refractivity contribution is 0.0796. The number of rotatable bonds is 5. The Hall–Kier alpha value is -1.92. The number of nitrogens with zero attached hydrogens (tertiary/aromatic N) is 1. The smallest absolute Gasteiger partial charge is 0.320 e. The molecule has 98 valence electrons. The number of pyridine rings is 1. The average molecular weight is 257 g/mol. The highest BCUT2D eigenvalue weighted by molar-refractivity contribution is 5.88. The Morgan fingerprint density at radius 2 is 2.28 bits per heavy atom. The number of urea groups is 1. The molecule has 1 saturated carbocycles. The molecule has 0 spiro atoms. The molecule has 0 radical (unpaired) electrons. The fraction of sp³-hybridized carbons (Fsp3) is 0.455. The number of carbonyl (C=O) groups is 1. The van der Waals surface area contributed by atoms with Crippen LogP contribution < -0.4 is 15.4 Å². The van der Waals surface area contributed by atoms with Crippen molar-refractivity contribution >= 4 is 11.8 Å². The molecule has 2 N–H and O–H groups in total. The summed E-state index contributed by atoms with van der Waals surface area (Å²) < 4.78 is 28.6. The van der Waals surface area contributed by atoms with Gasteiger partial charge in [0.25, 0.3) is 6.43 Å². The summed E-state index contributed by atoms with van der Waals surface area (Å²) in [4.78, 5) is 15.3. The third-order valence-electron chi connectivity index (χ3n) is 2.23. The summed E-state index contributed by atoms with van der Waals surface area (Å²) in [6.45, 7) is -0.718. The van der Waals surface area contributed by atoms with Crippen LogP contribution in [-0.4, -0.2) is 30.1 Å². The van der Waals surface area contributed by atoms with Gasteiger partial charge in [-0.15, -0.1) is 0 Å². The van der Waals surface area contributed by atoms with E-state index >= 15 is 0 Å². The van der Waals surface area contributed by atoms with Crippen LogP contribution in [-0.2, 0) is 0 Å². The van der Waals surface area contributed by atoms with Crippen molar-refractivity contribution in [2.45, 2.75) is 25.3 Å². The van der Waals surface area contributed by atoms with Crippen LogP contribution >= 0.6 is 0 Å². The summed E-state index contributed by atoms with van der Waals surface area (Å²) in [6, 6.07) is 4.47. The minimum Gasteiger partial charge on any atom is -0.472 e. The molecular formula is C11H13F2N3O2. The summed E-state index contributed by atoms with van der Waals surface area (Å²) in [6.07, 6.45) is -0.585. The first-order valence-corrected chi connectivity index (χ1v) is 5.59. The van der Waals surface area contributed by atoms with Crippen LogP contribution in [0.2, 0.25) is 0 Å². The van der Waals surface area contributed by atoms with Crippen molar-refractivity contribution in [3.8, 4) is 5.88 Å². The van der Waals surface area contributed by atoms with Gasteiger partial charge in [-0.1, -0.05) is 6.07 Å². The second-order valence-corrected chi connectivity index (χ2v) is 3.94. The zero-order valence-electron chi connectivity index (χ0n) is 9.53. The molecule has 1 heterocycles. The summed E-state index contributed by atoms with van der Waals surface area (Å²) in [7, 11) is 0. The topological polar surface area (TPSA) is 63.2 Å². The normalized spacial score (nSPS) is 14.4. The van der Waals surface area contributed by atoms with Crippen molar-refractivity contribution in [2.24, 2.45) is 0 Å². The number of amides is 2. The number of nitrogens with one attached hydrogen (secondary N) is 2. The monoisotopic (exact) mass is 257 g/mol. The molecule has 0 aliphatic heterocycles. The number of alkyl halides is 2. The number of anilines is 1. The molecule has 1 aliphatic carbocycles. The average Bonchev–Trinajstić information content (AvgIpc) is 3.10. The molecule has 5 nitrogen and oxygen atoms in total. The fourth-order valence-electron chi connectivity index (χ4n) is 1.28. The Labute approximate surface area is 103 Å². The number of hydrogen-bond acceptors (Lipinski definition) is 3. The maximum absolute atomic E-state index is 11.9. The van der Waals surface area contributed by atoms with Crippen LogP contribution in [0.25, 0.3) is 0 Å². The fourth-order valence-corrected chi connectivity index (χ4v) is 1.28. The highest BCUT2D eigenvalue weighted by Gasteiger charge is 2.23. The van der Waals surface area contributed by atoms with Crippen LogP contribution in [0.3, 0.4) is 0 Å². The SMILES string of the molecule is O=C(Nc1cccc(OCC(F)F)n1)NC1CC1. The van der Waals surface area contributed by atoms with Crippen molar-refractivity contribution in [3.05, 3.63) is 18.2 Å². The summed E-state index contributed by atoms with van der Waals surface area (Å²) in [5.41, 5.74) is 0. The summed E-state index contributed by atoms with van der Waals surface area (Å²) in [5.74, 6) is 0.319. The van der Waals surface area contributed by atoms with Crippen molar-refractivity contribution < 1.29 is 18.3 Å². The molecule has 0 bridgehead atoms. The maximum atomic E-state index is 11.9. The first-order valence-electron chi connectivity index (χ1n) is 5.59. The van der Waals surface area contributed by atoms with E-state index in [1.165, 1.54) is 6.07 Å². The number of halogens is 2. The van der Waals surface area contributed by atoms with Crippen LogP contribution in [0, 0.1) is 0 Å². The van der Waals surface area contributed by atoms with Crippen molar-refractivity contribution in [1.29, 1.82) is 0 Å². The molecular weight excluding hydrogens is 244 g/mol. The van der Waals surface area contributed by atoms with E-state index in [0.717, 1.165) is 12.8 Å². The molecule has 1 aromatic rings. The Kier molecular flexibility index (Phi) is 3.91. The van der Waals surface area contributed by atoms with E-state index < -0.39 is 13.0 Å². The van der Waals surface area contributed by atoms with Gasteiger partial charge in [-0.05, 0) is 18.9 Å². The summed E-state index contributed by atoms with van der Waals surface area (Å²) in [5, 5.41) is 5.23. The lowest BCUT2D eigenvalue weighted by atomic mass is 10.4. The Balaban J connectivity index is 1.87. The highest BCUT2D eigenvalue weighted by atomic mass is 19.3. The molecule has 2 rings (SSSR count). The Morgan fingerprint density at radius 1 is 1.50 bits per heavy atom. The number of hydrogen-bond donors (Lipinski definition) is 2. The van der Waals surface area contributed by atoms with Gasteiger partial charge in [-0.2, -0.15) is 4.98 Å². The van der Waals surface area contributed by atoms with E-state index in [0.29, 0.717) is 0 Å². The first-order chi connectivity index (χ1) is 8.63. The van der Waals surface area contributed by atoms with Crippen molar-refractivity contribution in [1.82, 2.24) is 10.3 Å². The standard InChI is InChI=1S/C11H13F2N3O2/c12-8(13)6-18-10-3-1-2-9(15-10)16-11(17)14-7-4-5-7/h1-3,7-8H,4-6H2,(H2,14,15,16,17). The predicted octanol–water partition coefficient (Wildman–Crippen LogP) is 2.01. The third kappa shape index (κ3) is 4.15. The van der Waals surface area contributed by atoms with E-state index in [-0.39, 0.29) is 23.8 Å². The number of aromatic nitrogens is 1. The van der Waals surface area contributed by atoms with Gasteiger partial charge < -0.3 is 10.1 Å². The second kappa shape index (κ2) is 5.61. The van der Waals surface area contributed by atoms with Gasteiger partial charge in [-0.25, -0.2) is 13.6 Å². The largest absolute Gasteiger partial charge is 0.472 e. The van der Waals surface area contributed by atoms with Gasteiger partial charge >= 0.3 is 6.03 Å². The number of ether oxygens (including phenoxy) is 1. The highest BCUT2D eigenvalue weighted by Crippen LogP contribution is 2.19. The van der Waals surface area contributed by atoms with Crippen LogP contribution in [0.4, 0.5) is 19.4 Å². The first kappa shape index (κ1) is 12.5. The molecule has 0 unspecified atom stereocenters. The van der Waals surface area contributed by atoms with Gasteiger partial charge in [-0.3, -0.25) is 5.32 Å². The quantitative estimate of drug-likeness (QED) is 0.848. The summed E-state index contributed by atoms with van der Waals surface area (Å²) >= 11 is 0. The Bertz CT molecular complexity index is 425. The molecule has 1 fully saturated rings. The second-order valence-electron chi connectivity index (χ2n) is 3.94.